The Labute approximate surface area is 145 Å². The van der Waals surface area contributed by atoms with Crippen molar-refractivity contribution in [2.75, 3.05) is 7.11 Å². The molecular weight excluding hydrogens is 321 g/mol. The smallest absolute Gasteiger partial charge is 0.173 e. The van der Waals surface area contributed by atoms with Gasteiger partial charge in [-0.05, 0) is 42.5 Å². The fourth-order valence-corrected chi connectivity index (χ4v) is 2.74. The van der Waals surface area contributed by atoms with Gasteiger partial charge in [-0.2, -0.15) is 4.68 Å². The number of tetrazole rings is 1. The monoisotopic (exact) mass is 341 g/mol. The lowest BCUT2D eigenvalue weighted by atomic mass is 10.1. The van der Waals surface area contributed by atoms with E-state index in [2.05, 4.69) is 20.8 Å². The minimum Gasteiger partial charge on any atom is -0.497 e. The third-order valence-electron chi connectivity index (χ3n) is 4.06. The van der Waals surface area contributed by atoms with Gasteiger partial charge in [-0.15, -0.1) is 5.10 Å². The lowest BCUT2D eigenvalue weighted by Crippen LogP contribution is -2.25. The largest absolute Gasteiger partial charge is 0.497 e. The number of halogens is 1. The second-order valence-electron chi connectivity index (χ2n) is 5.78. The first-order valence-electron chi connectivity index (χ1n) is 8.03. The molecule has 2 aromatic carbocycles. The van der Waals surface area contributed by atoms with Crippen LogP contribution in [0, 0.1) is 5.82 Å². The van der Waals surface area contributed by atoms with Crippen molar-refractivity contribution >= 4 is 0 Å². The highest BCUT2D eigenvalue weighted by molar-refractivity contribution is 5.32. The Kier molecular flexibility index (Phi) is 5.04. The predicted molar refractivity (Wildman–Crippen MR) is 92.1 cm³/mol. The summed E-state index contributed by atoms with van der Waals surface area (Å²) in [5.41, 5.74) is 1.44. The summed E-state index contributed by atoms with van der Waals surface area (Å²) in [5.74, 6) is 0.843. The summed E-state index contributed by atoms with van der Waals surface area (Å²) >= 11 is 0. The average molecular weight is 341 g/mol. The molecule has 0 unspecified atom stereocenters. The van der Waals surface area contributed by atoms with Gasteiger partial charge in [0.05, 0.1) is 18.8 Å². The lowest BCUT2D eigenvalue weighted by molar-refractivity contribution is 0.407. The molecule has 3 rings (SSSR count). The van der Waals surface area contributed by atoms with Crippen LogP contribution in [-0.2, 0) is 0 Å². The standard InChI is InChI=1S/C18H20FN5O/c1-12(16-10-9-15(25-3)11-17(16)19)20-13(2)18-21-22-23-24(18)14-7-5-4-6-8-14/h4-13,20H,1-3H3/t12-,13+/m1/s1. The first kappa shape index (κ1) is 17.0. The van der Waals surface area contributed by atoms with Crippen LogP contribution in [0.25, 0.3) is 5.69 Å². The Morgan fingerprint density at radius 3 is 2.52 bits per heavy atom. The third kappa shape index (κ3) is 3.66. The quantitative estimate of drug-likeness (QED) is 0.746. The van der Waals surface area contributed by atoms with E-state index in [0.29, 0.717) is 17.1 Å². The van der Waals surface area contributed by atoms with E-state index in [4.69, 9.17) is 4.74 Å². The summed E-state index contributed by atoms with van der Waals surface area (Å²) in [6, 6.07) is 14.1. The van der Waals surface area contributed by atoms with E-state index in [9.17, 15) is 4.39 Å². The molecule has 7 heteroatoms. The Hall–Kier alpha value is -2.80. The number of para-hydroxylation sites is 1. The van der Waals surface area contributed by atoms with Crippen LogP contribution in [0.15, 0.2) is 48.5 Å². The molecule has 25 heavy (non-hydrogen) atoms. The van der Waals surface area contributed by atoms with Crippen molar-refractivity contribution in [3.63, 3.8) is 0 Å². The lowest BCUT2D eigenvalue weighted by Gasteiger charge is -2.20. The zero-order valence-corrected chi connectivity index (χ0v) is 14.3. The van der Waals surface area contributed by atoms with Crippen LogP contribution in [0.2, 0.25) is 0 Å². The number of ether oxygens (including phenoxy) is 1. The molecule has 0 radical (unpaired) electrons. The second-order valence-corrected chi connectivity index (χ2v) is 5.78. The van der Waals surface area contributed by atoms with Gasteiger partial charge in [0.2, 0.25) is 0 Å². The van der Waals surface area contributed by atoms with Crippen LogP contribution >= 0.6 is 0 Å². The number of nitrogens with zero attached hydrogens (tertiary/aromatic N) is 4. The van der Waals surface area contributed by atoms with Gasteiger partial charge >= 0.3 is 0 Å². The number of methoxy groups -OCH3 is 1. The molecule has 0 spiro atoms. The molecule has 3 aromatic rings. The Morgan fingerprint density at radius 2 is 1.84 bits per heavy atom. The molecule has 0 bridgehead atoms. The summed E-state index contributed by atoms with van der Waals surface area (Å²) in [6.07, 6.45) is 0. The number of aromatic nitrogens is 4. The summed E-state index contributed by atoms with van der Waals surface area (Å²) in [4.78, 5) is 0. The topological polar surface area (TPSA) is 64.9 Å². The number of nitrogens with one attached hydrogen (secondary N) is 1. The van der Waals surface area contributed by atoms with Gasteiger partial charge in [-0.1, -0.05) is 24.3 Å². The second kappa shape index (κ2) is 7.40. The molecule has 0 aliphatic heterocycles. The van der Waals surface area contributed by atoms with Gasteiger partial charge in [0.15, 0.2) is 5.82 Å². The van der Waals surface area contributed by atoms with Crippen LogP contribution in [-0.4, -0.2) is 27.3 Å². The van der Waals surface area contributed by atoms with E-state index in [0.717, 1.165) is 5.69 Å². The van der Waals surface area contributed by atoms with Crippen molar-refractivity contribution in [2.24, 2.45) is 0 Å². The van der Waals surface area contributed by atoms with E-state index in [1.807, 2.05) is 44.2 Å². The van der Waals surface area contributed by atoms with Crippen molar-refractivity contribution in [1.29, 1.82) is 0 Å². The molecule has 0 aliphatic carbocycles. The Morgan fingerprint density at radius 1 is 1.08 bits per heavy atom. The maximum absolute atomic E-state index is 14.3. The molecule has 6 nitrogen and oxygen atoms in total. The summed E-state index contributed by atoms with van der Waals surface area (Å²) in [6.45, 7) is 3.85. The highest BCUT2D eigenvalue weighted by Crippen LogP contribution is 2.24. The van der Waals surface area contributed by atoms with E-state index in [1.165, 1.54) is 13.2 Å². The van der Waals surface area contributed by atoms with E-state index >= 15 is 0 Å². The van der Waals surface area contributed by atoms with Crippen molar-refractivity contribution in [2.45, 2.75) is 25.9 Å². The molecule has 0 saturated carbocycles. The molecule has 2 atom stereocenters. The Balaban J connectivity index is 1.79. The highest BCUT2D eigenvalue weighted by Gasteiger charge is 2.20. The molecule has 1 aromatic heterocycles. The number of hydrogen-bond donors (Lipinski definition) is 1. The van der Waals surface area contributed by atoms with E-state index in [1.54, 1.807) is 16.8 Å². The highest BCUT2D eigenvalue weighted by atomic mass is 19.1. The summed E-state index contributed by atoms with van der Waals surface area (Å²) in [7, 11) is 1.52. The predicted octanol–water partition coefficient (Wildman–Crippen LogP) is 3.22. The van der Waals surface area contributed by atoms with Gasteiger partial charge in [0.1, 0.15) is 11.6 Å². The number of rotatable bonds is 6. The average Bonchev–Trinajstić information content (AvgIpc) is 3.12. The molecule has 130 valence electrons. The Bertz CT molecular complexity index is 836. The van der Waals surface area contributed by atoms with Crippen molar-refractivity contribution in [3.8, 4) is 11.4 Å². The van der Waals surface area contributed by atoms with E-state index in [-0.39, 0.29) is 17.9 Å². The fraction of sp³-hybridized carbons (Fsp3) is 0.278. The fourth-order valence-electron chi connectivity index (χ4n) is 2.74. The normalized spacial score (nSPS) is 13.4. The van der Waals surface area contributed by atoms with Crippen LogP contribution < -0.4 is 10.1 Å². The van der Waals surface area contributed by atoms with Crippen LogP contribution in [0.1, 0.15) is 37.3 Å². The summed E-state index contributed by atoms with van der Waals surface area (Å²) in [5, 5.41) is 15.3. The summed E-state index contributed by atoms with van der Waals surface area (Å²) < 4.78 is 21.0. The molecule has 1 heterocycles. The van der Waals surface area contributed by atoms with Crippen LogP contribution in [0.5, 0.6) is 5.75 Å². The minimum absolute atomic E-state index is 0.174. The van der Waals surface area contributed by atoms with E-state index < -0.39 is 0 Å². The van der Waals surface area contributed by atoms with Gasteiger partial charge in [0, 0.05) is 17.7 Å². The zero-order chi connectivity index (χ0) is 17.8. The first-order chi connectivity index (χ1) is 12.1. The number of benzene rings is 2. The van der Waals surface area contributed by atoms with Gasteiger partial charge < -0.3 is 10.1 Å². The SMILES string of the molecule is COc1ccc([C@@H](C)N[C@@H](C)c2nnnn2-c2ccccc2)c(F)c1. The van der Waals surface area contributed by atoms with Crippen LogP contribution in [0.3, 0.4) is 0 Å². The van der Waals surface area contributed by atoms with Gasteiger partial charge in [-0.3, -0.25) is 0 Å². The van der Waals surface area contributed by atoms with Crippen molar-refractivity contribution < 1.29 is 9.13 Å². The molecule has 0 fully saturated rings. The minimum atomic E-state index is -0.311. The van der Waals surface area contributed by atoms with Crippen molar-refractivity contribution in [1.82, 2.24) is 25.5 Å². The van der Waals surface area contributed by atoms with Gasteiger partial charge in [-0.25, -0.2) is 4.39 Å². The maximum Gasteiger partial charge on any atom is 0.173 e. The molecule has 0 aliphatic rings. The van der Waals surface area contributed by atoms with Crippen molar-refractivity contribution in [3.05, 3.63) is 65.7 Å². The van der Waals surface area contributed by atoms with Gasteiger partial charge in [0.25, 0.3) is 0 Å². The maximum atomic E-state index is 14.3. The third-order valence-corrected chi connectivity index (χ3v) is 4.06. The van der Waals surface area contributed by atoms with Crippen LogP contribution in [0.4, 0.5) is 4.39 Å². The first-order valence-corrected chi connectivity index (χ1v) is 8.03. The molecule has 0 saturated heterocycles. The molecule has 1 N–H and O–H groups in total. The molecular formula is C18H20FN5O. The zero-order valence-electron chi connectivity index (χ0n) is 14.3. The molecule has 0 amide bonds. The number of hydrogen-bond acceptors (Lipinski definition) is 5.